The maximum Gasteiger partial charge on any atom is 0.243 e. The number of rotatable bonds is 9. The zero-order valence-electron chi connectivity index (χ0n) is 18.3. The number of benzene rings is 2. The van der Waals surface area contributed by atoms with Crippen molar-refractivity contribution in [3.05, 3.63) is 83.5 Å². The third-order valence-electron chi connectivity index (χ3n) is 4.90. The summed E-state index contributed by atoms with van der Waals surface area (Å²) in [7, 11) is 1.57. The molecule has 7 nitrogen and oxygen atoms in total. The molecule has 0 aliphatic rings. The van der Waals surface area contributed by atoms with Crippen LogP contribution in [-0.4, -0.2) is 50.8 Å². The lowest BCUT2D eigenvalue weighted by Gasteiger charge is -2.17. The van der Waals surface area contributed by atoms with Crippen molar-refractivity contribution in [2.24, 2.45) is 0 Å². The molecule has 0 saturated carbocycles. The summed E-state index contributed by atoms with van der Waals surface area (Å²) < 4.78 is 15.0. The van der Waals surface area contributed by atoms with Crippen LogP contribution in [0.3, 0.4) is 0 Å². The fraction of sp³-hybridized carbons (Fsp3) is 0.167. The van der Waals surface area contributed by atoms with Crippen LogP contribution >= 0.6 is 23.1 Å². The predicted octanol–water partition coefficient (Wildman–Crippen LogP) is 4.38. The van der Waals surface area contributed by atoms with Gasteiger partial charge in [-0.25, -0.2) is 4.39 Å². The Morgan fingerprint density at radius 3 is 2.53 bits per heavy atom. The van der Waals surface area contributed by atoms with Gasteiger partial charge in [0, 0.05) is 12.7 Å². The van der Waals surface area contributed by atoms with Crippen LogP contribution in [0, 0.1) is 5.82 Å². The van der Waals surface area contributed by atoms with Crippen LogP contribution in [0.15, 0.2) is 77.3 Å². The molecule has 174 valence electrons. The van der Waals surface area contributed by atoms with Crippen LogP contribution in [0.25, 0.3) is 10.7 Å². The van der Waals surface area contributed by atoms with Crippen molar-refractivity contribution in [1.29, 1.82) is 0 Å². The number of hydrogen-bond acceptors (Lipinski definition) is 6. The van der Waals surface area contributed by atoms with Gasteiger partial charge in [0.05, 0.1) is 23.7 Å². The van der Waals surface area contributed by atoms with Gasteiger partial charge < -0.3 is 10.2 Å². The number of nitrogens with zero attached hydrogens (tertiary/aromatic N) is 4. The van der Waals surface area contributed by atoms with Gasteiger partial charge in [0.1, 0.15) is 5.82 Å². The SMILES string of the molecule is CN(CC(=O)Nc1ccc(F)cc1)C(=O)CSc1nnc(-c2cccs2)n1Cc1ccccc1. The van der Waals surface area contributed by atoms with Crippen molar-refractivity contribution in [3.8, 4) is 10.7 Å². The Bertz CT molecular complexity index is 1240. The molecular weight excluding hydrogens is 473 g/mol. The first-order chi connectivity index (χ1) is 16.5. The van der Waals surface area contributed by atoms with E-state index in [1.807, 2.05) is 52.4 Å². The summed E-state index contributed by atoms with van der Waals surface area (Å²) in [6.07, 6.45) is 0. The second-order valence-corrected chi connectivity index (χ2v) is 9.34. The maximum absolute atomic E-state index is 13.0. The van der Waals surface area contributed by atoms with Crippen LogP contribution in [0.2, 0.25) is 0 Å². The first kappa shape index (κ1) is 23.7. The summed E-state index contributed by atoms with van der Waals surface area (Å²) in [4.78, 5) is 27.3. The molecule has 2 aromatic heterocycles. The molecule has 0 aliphatic heterocycles. The second kappa shape index (κ2) is 11.1. The Kier molecular flexibility index (Phi) is 7.71. The van der Waals surface area contributed by atoms with E-state index in [0.29, 0.717) is 17.4 Å². The quantitative estimate of drug-likeness (QED) is 0.349. The molecule has 2 amide bonds. The Labute approximate surface area is 204 Å². The smallest absolute Gasteiger partial charge is 0.243 e. The highest BCUT2D eigenvalue weighted by atomic mass is 32.2. The maximum atomic E-state index is 13.0. The molecule has 0 unspecified atom stereocenters. The predicted molar refractivity (Wildman–Crippen MR) is 132 cm³/mol. The fourth-order valence-electron chi connectivity index (χ4n) is 3.17. The van der Waals surface area contributed by atoms with Gasteiger partial charge >= 0.3 is 0 Å². The number of nitrogens with one attached hydrogen (secondary N) is 1. The van der Waals surface area contributed by atoms with Crippen LogP contribution in [0.5, 0.6) is 0 Å². The number of likely N-dealkylation sites (N-methyl/N-ethyl adjacent to an activating group) is 1. The van der Waals surface area contributed by atoms with Gasteiger partial charge in [0.2, 0.25) is 11.8 Å². The molecule has 34 heavy (non-hydrogen) atoms. The average molecular weight is 496 g/mol. The van der Waals surface area contributed by atoms with Gasteiger partial charge in [-0.15, -0.1) is 21.5 Å². The molecule has 0 bridgehead atoms. The van der Waals surface area contributed by atoms with Crippen molar-refractivity contribution < 1.29 is 14.0 Å². The van der Waals surface area contributed by atoms with Crippen LogP contribution in [0.4, 0.5) is 10.1 Å². The molecule has 0 fully saturated rings. The number of carbonyl (C=O) groups is 2. The Hall–Kier alpha value is -3.50. The van der Waals surface area contributed by atoms with Crippen LogP contribution < -0.4 is 5.32 Å². The zero-order chi connectivity index (χ0) is 23.9. The lowest BCUT2D eigenvalue weighted by atomic mass is 10.2. The van der Waals surface area contributed by atoms with E-state index >= 15 is 0 Å². The van der Waals surface area contributed by atoms with Gasteiger partial charge in [-0.05, 0) is 41.3 Å². The minimum atomic E-state index is -0.385. The van der Waals surface area contributed by atoms with Crippen molar-refractivity contribution in [2.75, 3.05) is 24.7 Å². The van der Waals surface area contributed by atoms with Crippen LogP contribution in [0.1, 0.15) is 5.56 Å². The molecule has 2 heterocycles. The number of halogens is 1. The van der Waals surface area contributed by atoms with E-state index in [9.17, 15) is 14.0 Å². The lowest BCUT2D eigenvalue weighted by Crippen LogP contribution is -2.36. The normalized spacial score (nSPS) is 10.8. The first-order valence-corrected chi connectivity index (χ1v) is 12.3. The highest BCUT2D eigenvalue weighted by Crippen LogP contribution is 2.28. The number of anilines is 1. The fourth-order valence-corrected chi connectivity index (χ4v) is 4.76. The lowest BCUT2D eigenvalue weighted by molar-refractivity contribution is -0.131. The molecule has 0 radical (unpaired) electrons. The third-order valence-corrected chi connectivity index (χ3v) is 6.72. The zero-order valence-corrected chi connectivity index (χ0v) is 20.0. The minimum Gasteiger partial charge on any atom is -0.336 e. The summed E-state index contributed by atoms with van der Waals surface area (Å²) in [6.45, 7) is 0.460. The van der Waals surface area contributed by atoms with Crippen molar-refractivity contribution in [2.45, 2.75) is 11.7 Å². The number of amides is 2. The summed E-state index contributed by atoms with van der Waals surface area (Å²) >= 11 is 2.86. The van der Waals surface area contributed by atoms with Gasteiger partial charge in [-0.2, -0.15) is 0 Å². The first-order valence-electron chi connectivity index (χ1n) is 10.4. The standard InChI is InChI=1S/C24H22FN5O2S2/c1-29(15-21(31)26-19-11-9-18(25)10-12-19)22(32)16-34-24-28-27-23(20-8-5-13-33-20)30(24)14-17-6-3-2-4-7-17/h2-13H,14-16H2,1H3,(H,26,31). The highest BCUT2D eigenvalue weighted by molar-refractivity contribution is 7.99. The second-order valence-electron chi connectivity index (χ2n) is 7.45. The van der Waals surface area contributed by atoms with E-state index < -0.39 is 0 Å². The minimum absolute atomic E-state index is 0.109. The third kappa shape index (κ3) is 6.09. The molecule has 0 atom stereocenters. The van der Waals surface area contributed by atoms with E-state index in [1.165, 1.54) is 40.9 Å². The summed E-state index contributed by atoms with van der Waals surface area (Å²) in [5.74, 6) is -0.103. The molecule has 4 aromatic rings. The Balaban J connectivity index is 1.39. The number of hydrogen-bond donors (Lipinski definition) is 1. The Morgan fingerprint density at radius 2 is 1.82 bits per heavy atom. The van der Waals surface area contributed by atoms with Crippen LogP contribution in [-0.2, 0) is 16.1 Å². The van der Waals surface area contributed by atoms with Gasteiger partial charge in [-0.1, -0.05) is 48.2 Å². The van der Waals surface area contributed by atoms with E-state index in [-0.39, 0.29) is 29.9 Å². The summed E-state index contributed by atoms with van der Waals surface area (Å²) in [6, 6.07) is 19.4. The molecule has 2 aromatic carbocycles. The highest BCUT2D eigenvalue weighted by Gasteiger charge is 2.19. The molecule has 10 heteroatoms. The van der Waals surface area contributed by atoms with Gasteiger partial charge in [-0.3, -0.25) is 14.2 Å². The average Bonchev–Trinajstić information content (AvgIpc) is 3.50. The number of aromatic nitrogens is 3. The number of thiophene rings is 1. The molecule has 4 rings (SSSR count). The van der Waals surface area contributed by atoms with Gasteiger partial charge in [0.25, 0.3) is 0 Å². The number of thioether (sulfide) groups is 1. The topological polar surface area (TPSA) is 80.1 Å². The van der Waals surface area contributed by atoms with E-state index in [0.717, 1.165) is 16.3 Å². The molecule has 1 N–H and O–H groups in total. The van der Waals surface area contributed by atoms with Crippen molar-refractivity contribution in [1.82, 2.24) is 19.7 Å². The van der Waals surface area contributed by atoms with E-state index in [2.05, 4.69) is 15.5 Å². The Morgan fingerprint density at radius 1 is 1.06 bits per heavy atom. The van der Waals surface area contributed by atoms with Gasteiger partial charge in [0.15, 0.2) is 11.0 Å². The van der Waals surface area contributed by atoms with E-state index in [4.69, 9.17) is 0 Å². The largest absolute Gasteiger partial charge is 0.336 e. The molecule has 0 spiro atoms. The summed E-state index contributed by atoms with van der Waals surface area (Å²) in [5, 5.41) is 14.0. The van der Waals surface area contributed by atoms with E-state index in [1.54, 1.807) is 18.4 Å². The van der Waals surface area contributed by atoms with Crippen molar-refractivity contribution >= 4 is 40.6 Å². The monoisotopic (exact) mass is 495 g/mol. The summed E-state index contributed by atoms with van der Waals surface area (Å²) in [5.41, 5.74) is 1.57. The molecule has 0 aliphatic carbocycles. The molecular formula is C24H22FN5O2S2. The number of carbonyl (C=O) groups excluding carboxylic acids is 2. The molecule has 0 saturated heterocycles. The van der Waals surface area contributed by atoms with Crippen molar-refractivity contribution in [3.63, 3.8) is 0 Å².